The zero-order valence-corrected chi connectivity index (χ0v) is 27.0. The first-order chi connectivity index (χ1) is 23.4. The van der Waals surface area contributed by atoms with Crippen LogP contribution in [0.4, 0.5) is 5.82 Å². The maximum Gasteiger partial charge on any atom is 0.214 e. The minimum Gasteiger partial charge on any atom is -0.497 e. The summed E-state index contributed by atoms with van der Waals surface area (Å²) < 4.78 is 20.2. The highest BCUT2D eigenvalue weighted by molar-refractivity contribution is 6.12. The Bertz CT molecular complexity index is 2280. The molecule has 3 aromatic heterocycles. The van der Waals surface area contributed by atoms with Gasteiger partial charge in [-0.05, 0) is 78.7 Å². The van der Waals surface area contributed by atoms with Crippen molar-refractivity contribution in [1.82, 2.24) is 24.3 Å². The van der Waals surface area contributed by atoms with Crippen LogP contribution in [0.3, 0.4) is 0 Å². The van der Waals surface area contributed by atoms with E-state index in [2.05, 4.69) is 15.1 Å². The number of aromatic nitrogens is 5. The van der Waals surface area contributed by atoms with Crippen molar-refractivity contribution < 1.29 is 19.0 Å². The van der Waals surface area contributed by atoms with Crippen LogP contribution in [0.5, 0.6) is 17.2 Å². The van der Waals surface area contributed by atoms with Gasteiger partial charge in [0.05, 0.1) is 61.2 Å². The van der Waals surface area contributed by atoms with Gasteiger partial charge in [0.25, 0.3) is 0 Å². The molecule has 0 fully saturated rings. The zero-order valence-electron chi connectivity index (χ0n) is 27.0. The van der Waals surface area contributed by atoms with Gasteiger partial charge in [0.2, 0.25) is 5.78 Å². The number of imidazole rings is 1. The van der Waals surface area contributed by atoms with Crippen molar-refractivity contribution in [3.05, 3.63) is 126 Å². The topological polar surface area (TPSA) is 122 Å². The Morgan fingerprint density at radius 3 is 2.21 bits per heavy atom. The number of hydrogen-bond acceptors (Lipinski definition) is 7. The van der Waals surface area contributed by atoms with E-state index < -0.39 is 0 Å². The molecule has 0 spiro atoms. The van der Waals surface area contributed by atoms with Crippen LogP contribution in [0, 0.1) is 6.92 Å². The third-order valence-electron chi connectivity index (χ3n) is 8.43. The molecule has 0 aliphatic heterocycles. The molecule has 0 amide bonds. The lowest BCUT2D eigenvalue weighted by Crippen LogP contribution is -2.14. The molecule has 10 heteroatoms. The van der Waals surface area contributed by atoms with Gasteiger partial charge in [0.1, 0.15) is 28.9 Å². The van der Waals surface area contributed by atoms with E-state index in [9.17, 15) is 4.79 Å². The van der Waals surface area contributed by atoms with Crippen molar-refractivity contribution in [3.63, 3.8) is 0 Å². The van der Waals surface area contributed by atoms with Gasteiger partial charge < -0.3 is 29.5 Å². The van der Waals surface area contributed by atoms with E-state index in [1.807, 2.05) is 109 Å². The van der Waals surface area contributed by atoms with E-state index in [4.69, 9.17) is 19.9 Å². The smallest absolute Gasteiger partial charge is 0.214 e. The molecule has 0 bridgehead atoms. The van der Waals surface area contributed by atoms with Crippen LogP contribution in [0.25, 0.3) is 39.1 Å². The summed E-state index contributed by atoms with van der Waals surface area (Å²) in [4.78, 5) is 22.4. The minimum absolute atomic E-state index is 0.231. The molecule has 7 rings (SSSR count). The molecular weight excluding hydrogens is 604 g/mol. The van der Waals surface area contributed by atoms with Gasteiger partial charge in [-0.15, -0.1) is 0 Å². The van der Waals surface area contributed by atoms with E-state index in [0.717, 1.165) is 50.6 Å². The Labute approximate surface area is 277 Å². The number of aryl methyl sites for hydroxylation is 1. The SMILES string of the molecule is COc1ccc(Cn2c(C(=O)c3cnn(-c4ccc5[nH]c(C)nc5c4)c3N)cc(-c3cccc(OC)c3)c2-c2cccc(OC)c2)cc1. The summed E-state index contributed by atoms with van der Waals surface area (Å²) in [6, 6.07) is 31.1. The van der Waals surface area contributed by atoms with Crippen molar-refractivity contribution in [2.75, 3.05) is 27.1 Å². The molecule has 0 unspecified atom stereocenters. The lowest BCUT2D eigenvalue weighted by atomic mass is 10.0. The van der Waals surface area contributed by atoms with Crippen LogP contribution >= 0.6 is 0 Å². The Morgan fingerprint density at radius 1 is 0.812 bits per heavy atom. The quantitative estimate of drug-likeness (QED) is 0.154. The van der Waals surface area contributed by atoms with Crippen LogP contribution in [0.2, 0.25) is 0 Å². The first kappa shape index (κ1) is 30.4. The first-order valence-electron chi connectivity index (χ1n) is 15.4. The van der Waals surface area contributed by atoms with Gasteiger partial charge in [0.15, 0.2) is 0 Å². The summed E-state index contributed by atoms with van der Waals surface area (Å²) in [6.45, 7) is 2.30. The van der Waals surface area contributed by atoms with E-state index in [0.29, 0.717) is 29.4 Å². The molecular formula is C38H34N6O4. The van der Waals surface area contributed by atoms with E-state index >= 15 is 0 Å². The predicted molar refractivity (Wildman–Crippen MR) is 186 cm³/mol. The first-order valence-corrected chi connectivity index (χ1v) is 15.4. The number of methoxy groups -OCH3 is 3. The van der Waals surface area contributed by atoms with Crippen LogP contribution in [0.15, 0.2) is 103 Å². The molecule has 0 aliphatic carbocycles. The number of nitrogens with two attached hydrogens (primary N) is 1. The third kappa shape index (κ3) is 5.53. The number of nitrogens with one attached hydrogen (secondary N) is 1. The number of ketones is 1. The van der Waals surface area contributed by atoms with E-state index in [-0.39, 0.29) is 17.2 Å². The van der Waals surface area contributed by atoms with Gasteiger partial charge in [-0.25, -0.2) is 9.67 Å². The Morgan fingerprint density at radius 2 is 1.50 bits per heavy atom. The van der Waals surface area contributed by atoms with Gasteiger partial charge in [-0.2, -0.15) is 5.10 Å². The van der Waals surface area contributed by atoms with Gasteiger partial charge in [-0.1, -0.05) is 36.4 Å². The average molecular weight is 639 g/mol. The summed E-state index contributed by atoms with van der Waals surface area (Å²) >= 11 is 0. The number of fused-ring (bicyclic) bond motifs is 1. The standard InChI is InChI=1S/C38H34N6O4/c1-23-41-33-16-13-27(19-34(33)42-23)44-38(39)32(21-40-44)37(45)35-20-31(25-7-5-9-29(17-25)47-3)36(26-8-6-10-30(18-26)48-4)43(35)22-24-11-14-28(46-2)15-12-24/h5-21H,22,39H2,1-4H3,(H,41,42). The molecule has 0 radical (unpaired) electrons. The number of nitrogens with zero attached hydrogens (tertiary/aromatic N) is 4. The third-order valence-corrected chi connectivity index (χ3v) is 8.43. The van der Waals surface area contributed by atoms with Crippen molar-refractivity contribution in [3.8, 4) is 45.3 Å². The fourth-order valence-electron chi connectivity index (χ4n) is 6.04. The molecule has 10 nitrogen and oxygen atoms in total. The van der Waals surface area contributed by atoms with Gasteiger partial charge in [-0.3, -0.25) is 4.79 Å². The molecule has 0 atom stereocenters. The number of hydrogen-bond donors (Lipinski definition) is 2. The van der Waals surface area contributed by atoms with Crippen LogP contribution < -0.4 is 19.9 Å². The highest BCUT2D eigenvalue weighted by atomic mass is 16.5. The van der Waals surface area contributed by atoms with Crippen LogP contribution in [-0.4, -0.2) is 51.4 Å². The largest absolute Gasteiger partial charge is 0.497 e. The molecule has 0 aliphatic rings. The number of aromatic amines is 1. The zero-order chi connectivity index (χ0) is 33.4. The second-order valence-corrected chi connectivity index (χ2v) is 11.4. The number of H-pyrrole nitrogens is 1. The molecule has 0 saturated heterocycles. The summed E-state index contributed by atoms with van der Waals surface area (Å²) in [5.74, 6) is 2.92. The normalized spacial score (nSPS) is 11.2. The highest BCUT2D eigenvalue weighted by Gasteiger charge is 2.27. The number of rotatable bonds is 10. The van der Waals surface area contributed by atoms with E-state index in [1.54, 1.807) is 26.0 Å². The lowest BCUT2D eigenvalue weighted by Gasteiger charge is -2.16. The summed E-state index contributed by atoms with van der Waals surface area (Å²) in [5.41, 5.74) is 14.3. The van der Waals surface area contributed by atoms with Crippen molar-refractivity contribution >= 4 is 22.6 Å². The summed E-state index contributed by atoms with van der Waals surface area (Å²) in [7, 11) is 4.91. The maximum absolute atomic E-state index is 14.7. The Kier molecular flexibility index (Phi) is 7.90. The predicted octanol–water partition coefficient (Wildman–Crippen LogP) is 7.08. The molecule has 0 saturated carbocycles. The molecule has 4 aromatic carbocycles. The van der Waals surface area contributed by atoms with Crippen molar-refractivity contribution in [2.24, 2.45) is 0 Å². The number of nitrogen functional groups attached to an aromatic ring is 1. The lowest BCUT2D eigenvalue weighted by molar-refractivity contribution is 0.103. The van der Waals surface area contributed by atoms with Crippen LogP contribution in [0.1, 0.15) is 27.4 Å². The van der Waals surface area contributed by atoms with Crippen LogP contribution in [-0.2, 0) is 6.54 Å². The Balaban J connectivity index is 1.42. The van der Waals surface area contributed by atoms with E-state index in [1.165, 1.54) is 6.20 Å². The molecule has 240 valence electrons. The van der Waals surface area contributed by atoms with Gasteiger partial charge >= 0.3 is 0 Å². The molecule has 3 heterocycles. The fourth-order valence-corrected chi connectivity index (χ4v) is 6.04. The number of carbonyl (C=O) groups is 1. The van der Waals surface area contributed by atoms with Crippen molar-refractivity contribution in [2.45, 2.75) is 13.5 Å². The number of benzene rings is 4. The number of ether oxygens (including phenoxy) is 3. The average Bonchev–Trinajstić information content (AvgIpc) is 3.81. The van der Waals surface area contributed by atoms with Gasteiger partial charge in [0, 0.05) is 17.7 Å². The second kappa shape index (κ2) is 12.5. The minimum atomic E-state index is -0.262. The number of anilines is 1. The summed E-state index contributed by atoms with van der Waals surface area (Å²) in [5, 5.41) is 4.55. The Hall–Kier alpha value is -6.29. The van der Waals surface area contributed by atoms with Crippen molar-refractivity contribution in [1.29, 1.82) is 0 Å². The second-order valence-electron chi connectivity index (χ2n) is 11.4. The summed E-state index contributed by atoms with van der Waals surface area (Å²) in [6.07, 6.45) is 1.53. The fraction of sp³-hybridized carbons (Fsp3) is 0.132. The number of carbonyl (C=O) groups excluding carboxylic acids is 1. The molecule has 3 N–H and O–H groups in total. The molecule has 48 heavy (non-hydrogen) atoms. The molecule has 7 aromatic rings. The highest BCUT2D eigenvalue weighted by Crippen LogP contribution is 2.39. The monoisotopic (exact) mass is 638 g/mol. The maximum atomic E-state index is 14.7.